The molecule has 1 aliphatic rings. The van der Waals surface area contributed by atoms with E-state index in [1.165, 1.54) is 0 Å². The highest BCUT2D eigenvalue weighted by Crippen LogP contribution is 2.31. The number of aromatic hydroxyl groups is 1. The Morgan fingerprint density at radius 3 is 2.64 bits per heavy atom. The summed E-state index contributed by atoms with van der Waals surface area (Å²) in [4.78, 5) is 11.7. The standard InChI is InChI=1S/C17H26N2O3/c1-5-12(11-8-6-7-9-15(11)20)18-13-10-14(13)19-16(21)22-17(2,3)4/h6-9,12-14,18,20H,5,10H2,1-4H3,(H,19,21). The zero-order chi connectivity index (χ0) is 16.3. The van der Waals surface area contributed by atoms with Crippen molar-refractivity contribution >= 4 is 6.09 Å². The smallest absolute Gasteiger partial charge is 0.407 e. The van der Waals surface area contributed by atoms with Crippen molar-refractivity contribution in [1.29, 1.82) is 0 Å². The lowest BCUT2D eigenvalue weighted by atomic mass is 10.0. The molecule has 1 aliphatic carbocycles. The van der Waals surface area contributed by atoms with Crippen LogP contribution in [0.15, 0.2) is 24.3 Å². The molecule has 22 heavy (non-hydrogen) atoms. The zero-order valence-corrected chi connectivity index (χ0v) is 13.7. The van der Waals surface area contributed by atoms with Crippen LogP contribution < -0.4 is 10.6 Å². The summed E-state index contributed by atoms with van der Waals surface area (Å²) in [6, 6.07) is 7.75. The molecular weight excluding hydrogens is 280 g/mol. The van der Waals surface area contributed by atoms with Gasteiger partial charge in [0.05, 0.1) is 0 Å². The lowest BCUT2D eigenvalue weighted by Crippen LogP contribution is -2.37. The minimum absolute atomic E-state index is 0.0802. The molecule has 5 heteroatoms. The van der Waals surface area contributed by atoms with Crippen molar-refractivity contribution in [2.75, 3.05) is 0 Å². The van der Waals surface area contributed by atoms with E-state index in [4.69, 9.17) is 4.74 Å². The fraction of sp³-hybridized carbons (Fsp3) is 0.588. The lowest BCUT2D eigenvalue weighted by molar-refractivity contribution is 0.0521. The number of phenolic OH excluding ortho intramolecular Hbond substituents is 1. The van der Waals surface area contributed by atoms with Crippen LogP contribution in [0.5, 0.6) is 5.75 Å². The van der Waals surface area contributed by atoms with Crippen LogP contribution in [-0.2, 0) is 4.74 Å². The number of benzene rings is 1. The molecule has 0 bridgehead atoms. The first-order valence-corrected chi connectivity index (χ1v) is 7.83. The topological polar surface area (TPSA) is 70.6 Å². The molecule has 0 spiro atoms. The summed E-state index contributed by atoms with van der Waals surface area (Å²) in [5.41, 5.74) is 0.414. The van der Waals surface area contributed by atoms with E-state index in [1.54, 1.807) is 6.07 Å². The van der Waals surface area contributed by atoms with Crippen LogP contribution in [-0.4, -0.2) is 28.9 Å². The molecule has 0 heterocycles. The van der Waals surface area contributed by atoms with Crippen LogP contribution in [0.3, 0.4) is 0 Å². The molecule has 1 saturated carbocycles. The van der Waals surface area contributed by atoms with Gasteiger partial charge >= 0.3 is 6.09 Å². The molecule has 1 amide bonds. The highest BCUT2D eigenvalue weighted by atomic mass is 16.6. The van der Waals surface area contributed by atoms with Crippen LogP contribution in [0.4, 0.5) is 4.79 Å². The summed E-state index contributed by atoms with van der Waals surface area (Å²) in [5, 5.41) is 16.3. The predicted molar refractivity (Wildman–Crippen MR) is 85.8 cm³/mol. The van der Waals surface area contributed by atoms with Crippen LogP contribution in [0.1, 0.15) is 52.1 Å². The minimum Gasteiger partial charge on any atom is -0.508 e. The third kappa shape index (κ3) is 4.63. The van der Waals surface area contributed by atoms with Crippen LogP contribution in [0.2, 0.25) is 0 Å². The minimum atomic E-state index is -0.482. The molecule has 122 valence electrons. The van der Waals surface area contributed by atoms with E-state index < -0.39 is 5.60 Å². The van der Waals surface area contributed by atoms with Crippen molar-refractivity contribution in [3.8, 4) is 5.75 Å². The van der Waals surface area contributed by atoms with Gasteiger partial charge in [0.25, 0.3) is 0 Å². The molecular formula is C17H26N2O3. The van der Waals surface area contributed by atoms with E-state index in [0.29, 0.717) is 5.75 Å². The van der Waals surface area contributed by atoms with Gasteiger partial charge in [0.2, 0.25) is 0 Å². The average molecular weight is 306 g/mol. The van der Waals surface area contributed by atoms with Gasteiger partial charge in [-0.15, -0.1) is 0 Å². The summed E-state index contributed by atoms with van der Waals surface area (Å²) < 4.78 is 5.25. The fourth-order valence-corrected chi connectivity index (χ4v) is 2.47. The second kappa shape index (κ2) is 6.57. The maximum absolute atomic E-state index is 11.7. The summed E-state index contributed by atoms with van der Waals surface area (Å²) in [5.74, 6) is 0.305. The normalized spacial score (nSPS) is 22.0. The second-order valence-electron chi connectivity index (χ2n) is 6.78. The fourth-order valence-electron chi connectivity index (χ4n) is 2.47. The number of para-hydroxylation sites is 1. The Morgan fingerprint density at radius 2 is 2.05 bits per heavy atom. The predicted octanol–water partition coefficient (Wildman–Crippen LogP) is 3.10. The van der Waals surface area contributed by atoms with Crippen molar-refractivity contribution < 1.29 is 14.6 Å². The summed E-state index contributed by atoms with van der Waals surface area (Å²) in [7, 11) is 0. The third-order valence-corrected chi connectivity index (χ3v) is 3.63. The number of amides is 1. The number of carbonyl (C=O) groups is 1. The largest absolute Gasteiger partial charge is 0.508 e. The molecule has 0 aromatic heterocycles. The van der Waals surface area contributed by atoms with E-state index in [1.807, 2.05) is 39.0 Å². The summed E-state index contributed by atoms with van der Waals surface area (Å²) >= 11 is 0. The molecule has 1 fully saturated rings. The maximum Gasteiger partial charge on any atom is 0.407 e. The first-order valence-electron chi connectivity index (χ1n) is 7.83. The number of carbonyl (C=O) groups excluding carboxylic acids is 1. The van der Waals surface area contributed by atoms with Gasteiger partial charge in [-0.2, -0.15) is 0 Å². The molecule has 5 nitrogen and oxygen atoms in total. The van der Waals surface area contributed by atoms with Gasteiger partial charge < -0.3 is 20.5 Å². The lowest BCUT2D eigenvalue weighted by Gasteiger charge is -2.21. The Morgan fingerprint density at radius 1 is 1.36 bits per heavy atom. The van der Waals surface area contributed by atoms with Crippen molar-refractivity contribution in [2.24, 2.45) is 0 Å². The number of hydrogen-bond acceptors (Lipinski definition) is 4. The van der Waals surface area contributed by atoms with Gasteiger partial charge in [-0.05, 0) is 39.7 Å². The molecule has 0 saturated heterocycles. The first kappa shape index (κ1) is 16.6. The van der Waals surface area contributed by atoms with E-state index in [2.05, 4.69) is 17.6 Å². The van der Waals surface area contributed by atoms with Gasteiger partial charge in [0, 0.05) is 23.7 Å². The van der Waals surface area contributed by atoms with Crippen LogP contribution in [0.25, 0.3) is 0 Å². The summed E-state index contributed by atoms with van der Waals surface area (Å²) in [6.45, 7) is 7.62. The molecule has 3 N–H and O–H groups in total. The number of phenols is 1. The van der Waals surface area contributed by atoms with E-state index in [-0.39, 0.29) is 24.2 Å². The van der Waals surface area contributed by atoms with Gasteiger partial charge in [-0.3, -0.25) is 0 Å². The molecule has 1 aromatic carbocycles. The Hall–Kier alpha value is -1.75. The molecule has 0 aliphatic heterocycles. The summed E-state index contributed by atoms with van der Waals surface area (Å²) in [6.07, 6.45) is 1.37. The average Bonchev–Trinajstić information content (AvgIpc) is 3.12. The molecule has 0 radical (unpaired) electrons. The van der Waals surface area contributed by atoms with Crippen molar-refractivity contribution in [1.82, 2.24) is 10.6 Å². The highest BCUT2D eigenvalue weighted by Gasteiger charge is 2.40. The number of alkyl carbamates (subject to hydrolysis) is 1. The SMILES string of the molecule is CCC(NC1CC1NC(=O)OC(C)(C)C)c1ccccc1O. The number of hydrogen-bond donors (Lipinski definition) is 3. The second-order valence-corrected chi connectivity index (χ2v) is 6.78. The monoisotopic (exact) mass is 306 g/mol. The third-order valence-electron chi connectivity index (χ3n) is 3.63. The van der Waals surface area contributed by atoms with Crippen molar-refractivity contribution in [3.05, 3.63) is 29.8 Å². The van der Waals surface area contributed by atoms with Gasteiger partial charge in [-0.25, -0.2) is 4.79 Å². The van der Waals surface area contributed by atoms with Crippen LogP contribution in [0, 0.1) is 0 Å². The Balaban J connectivity index is 1.85. The number of rotatable bonds is 5. The molecule has 3 atom stereocenters. The van der Waals surface area contributed by atoms with Gasteiger partial charge in [0.1, 0.15) is 11.4 Å². The van der Waals surface area contributed by atoms with E-state index >= 15 is 0 Å². The van der Waals surface area contributed by atoms with Gasteiger partial charge in [-0.1, -0.05) is 25.1 Å². The van der Waals surface area contributed by atoms with Crippen molar-refractivity contribution in [2.45, 2.75) is 64.3 Å². The van der Waals surface area contributed by atoms with Gasteiger partial charge in [0.15, 0.2) is 0 Å². The number of ether oxygens (including phenoxy) is 1. The molecule has 1 aromatic rings. The van der Waals surface area contributed by atoms with Crippen molar-refractivity contribution in [3.63, 3.8) is 0 Å². The highest BCUT2D eigenvalue weighted by molar-refractivity contribution is 5.68. The Kier molecular flexibility index (Phi) is 4.96. The van der Waals surface area contributed by atoms with E-state index in [0.717, 1.165) is 18.4 Å². The molecule has 2 rings (SSSR count). The Bertz CT molecular complexity index is 525. The molecule has 3 unspecified atom stereocenters. The van der Waals surface area contributed by atoms with Crippen LogP contribution >= 0.6 is 0 Å². The Labute approximate surface area is 132 Å². The maximum atomic E-state index is 11.7. The quantitative estimate of drug-likeness (QED) is 0.782. The zero-order valence-electron chi connectivity index (χ0n) is 13.7. The van der Waals surface area contributed by atoms with E-state index in [9.17, 15) is 9.90 Å². The number of nitrogens with one attached hydrogen (secondary N) is 2. The first-order chi connectivity index (χ1) is 10.3.